The van der Waals surface area contributed by atoms with Gasteiger partial charge in [0.1, 0.15) is 0 Å². The number of rotatable bonds is 9. The van der Waals surface area contributed by atoms with Crippen LogP contribution in [0.1, 0.15) is 30.4 Å². The first-order valence-corrected chi connectivity index (χ1v) is 8.84. The lowest BCUT2D eigenvalue weighted by Gasteiger charge is -2.14. The first kappa shape index (κ1) is 24.3. The molecule has 0 aliphatic heterocycles. The molecule has 11 nitrogen and oxygen atoms in total. The molecule has 0 fully saturated rings. The van der Waals surface area contributed by atoms with Crippen LogP contribution in [0.5, 0.6) is 17.2 Å². The number of nitrogens with one attached hydrogen (secondary N) is 1. The van der Waals surface area contributed by atoms with Crippen molar-refractivity contribution >= 4 is 23.7 Å². The summed E-state index contributed by atoms with van der Waals surface area (Å²) in [4.78, 5) is 26.3. The monoisotopic (exact) mass is 422 g/mol. The Morgan fingerprint density at radius 3 is 2.13 bits per heavy atom. The lowest BCUT2D eigenvalue weighted by molar-refractivity contribution is -0.364. The molecule has 11 heteroatoms. The number of nitrogens with zero attached hydrogens (tertiary/aromatic N) is 1. The molecule has 2 aromatic rings. The number of methoxy groups -OCH3 is 3. The smallest absolute Gasteiger partial charge is 0.388 e. The Kier molecular flexibility index (Phi) is 9.66. The zero-order valence-electron chi connectivity index (χ0n) is 17.1. The van der Waals surface area contributed by atoms with E-state index in [0.717, 1.165) is 11.1 Å². The van der Waals surface area contributed by atoms with Crippen molar-refractivity contribution < 1.29 is 39.0 Å². The average molecular weight is 422 g/mol. The van der Waals surface area contributed by atoms with E-state index in [2.05, 4.69) is 9.97 Å². The van der Waals surface area contributed by atoms with Crippen LogP contribution in [-0.4, -0.2) is 43.4 Å². The second kappa shape index (κ2) is 11.9. The molecule has 0 aliphatic carbocycles. The van der Waals surface area contributed by atoms with Crippen molar-refractivity contribution in [2.24, 2.45) is 0 Å². The van der Waals surface area contributed by atoms with Gasteiger partial charge in [0.25, 0.3) is 0 Å². The topological polar surface area (TPSA) is 184 Å². The van der Waals surface area contributed by atoms with Crippen molar-refractivity contribution in [3.63, 3.8) is 0 Å². The number of carboxylic acid groups (broad SMARTS) is 2. The number of hydrogen-bond acceptors (Lipinski definition) is 9. The van der Waals surface area contributed by atoms with Crippen LogP contribution >= 0.6 is 0 Å². The van der Waals surface area contributed by atoms with Gasteiger partial charge in [-0.05, 0) is 30.5 Å². The van der Waals surface area contributed by atoms with Crippen LogP contribution in [0.4, 0.5) is 11.8 Å². The van der Waals surface area contributed by atoms with Gasteiger partial charge in [-0.25, -0.2) is 4.98 Å². The van der Waals surface area contributed by atoms with E-state index in [1.54, 1.807) is 27.5 Å². The molecule has 0 atom stereocenters. The van der Waals surface area contributed by atoms with Gasteiger partial charge >= 0.3 is 11.9 Å². The number of hydrogen-bond donors (Lipinski definition) is 3. The number of carboxylic acids is 2. The van der Waals surface area contributed by atoms with Crippen LogP contribution in [-0.2, 0) is 16.0 Å². The minimum Gasteiger partial charge on any atom is -0.550 e. The fourth-order valence-electron chi connectivity index (χ4n) is 2.45. The van der Waals surface area contributed by atoms with E-state index >= 15 is 0 Å². The van der Waals surface area contributed by atoms with Crippen LogP contribution in [0.3, 0.4) is 0 Å². The van der Waals surface area contributed by atoms with E-state index in [0.29, 0.717) is 29.5 Å². The quantitative estimate of drug-likeness (QED) is 0.483. The maximum atomic E-state index is 9.77. The lowest BCUT2D eigenvalue weighted by Crippen LogP contribution is -2.21. The largest absolute Gasteiger partial charge is 0.550 e. The van der Waals surface area contributed by atoms with Crippen molar-refractivity contribution in [2.45, 2.75) is 25.7 Å². The molecule has 1 aromatic carbocycles. The van der Waals surface area contributed by atoms with Gasteiger partial charge in [0, 0.05) is 24.4 Å². The Bertz CT molecular complexity index is 835. The first-order chi connectivity index (χ1) is 14.2. The van der Waals surface area contributed by atoms with Gasteiger partial charge in [0.15, 0.2) is 11.5 Å². The van der Waals surface area contributed by atoms with Crippen molar-refractivity contribution in [1.29, 1.82) is 0 Å². The molecule has 164 valence electrons. The van der Waals surface area contributed by atoms with Gasteiger partial charge in [0.05, 0.1) is 27.5 Å². The summed E-state index contributed by atoms with van der Waals surface area (Å²) in [6, 6.07) is 3.74. The van der Waals surface area contributed by atoms with Gasteiger partial charge in [-0.2, -0.15) is 0 Å². The highest BCUT2D eigenvalue weighted by atomic mass is 16.5. The van der Waals surface area contributed by atoms with Crippen LogP contribution < -0.4 is 35.8 Å². The zero-order chi connectivity index (χ0) is 22.7. The Balaban J connectivity index is 0.000000424. The second-order valence-electron chi connectivity index (χ2n) is 6.03. The van der Waals surface area contributed by atoms with Crippen molar-refractivity contribution in [1.82, 2.24) is 4.98 Å². The summed E-state index contributed by atoms with van der Waals surface area (Å²) in [6.45, 7) is 0. The van der Waals surface area contributed by atoms with E-state index in [9.17, 15) is 14.7 Å². The van der Waals surface area contributed by atoms with E-state index < -0.39 is 11.9 Å². The Hall–Kier alpha value is -3.76. The van der Waals surface area contributed by atoms with Gasteiger partial charge in [0.2, 0.25) is 11.6 Å². The number of nitrogen functional groups attached to an aromatic ring is 2. The molecule has 0 saturated heterocycles. The molecule has 1 aromatic heterocycles. The molecule has 6 N–H and O–H groups in total. The Morgan fingerprint density at radius 2 is 1.70 bits per heavy atom. The molecular formula is C19H26N4O7. The standard InChI is InChI=1S/C14H18N4O3.C5H8O4/c1-19-10-5-8(6-11(20-2)12(10)21-3)4-9-7-17-14(16)18-13(9)15;6-4(7)2-1-3-5(8)9/h5-7H,4H2,1-3H3,(H4,15,16,17,18);1-3H2,(H,6,7)(H,8,9). The zero-order valence-corrected chi connectivity index (χ0v) is 17.1. The van der Waals surface area contributed by atoms with Gasteiger partial charge in [-0.15, -0.1) is 0 Å². The van der Waals surface area contributed by atoms with E-state index in [1.165, 1.54) is 0 Å². The Labute approximate surface area is 173 Å². The molecule has 0 radical (unpaired) electrons. The predicted octanol–water partition coefficient (Wildman–Crippen LogP) is -0.332. The normalized spacial score (nSPS) is 9.83. The number of aromatic amines is 1. The number of ether oxygens (including phenoxy) is 3. The molecule has 0 saturated carbocycles. The van der Waals surface area contributed by atoms with E-state index in [-0.39, 0.29) is 25.2 Å². The average Bonchev–Trinajstić information content (AvgIpc) is 2.69. The fraction of sp³-hybridized carbons (Fsp3) is 0.368. The summed E-state index contributed by atoms with van der Waals surface area (Å²) < 4.78 is 15.9. The summed E-state index contributed by atoms with van der Waals surface area (Å²) in [5.74, 6) is 0.239. The van der Waals surface area contributed by atoms with Crippen LogP contribution in [0.15, 0.2) is 18.3 Å². The number of benzene rings is 1. The predicted molar refractivity (Wildman–Crippen MR) is 105 cm³/mol. The summed E-state index contributed by atoms with van der Waals surface area (Å²) in [5.41, 5.74) is 13.2. The summed E-state index contributed by atoms with van der Waals surface area (Å²) in [6.07, 6.45) is 2.17. The highest BCUT2D eigenvalue weighted by Crippen LogP contribution is 2.38. The molecule has 0 aliphatic rings. The van der Waals surface area contributed by atoms with Gasteiger partial charge < -0.3 is 35.0 Å². The van der Waals surface area contributed by atoms with E-state index in [4.69, 9.17) is 30.8 Å². The fourth-order valence-corrected chi connectivity index (χ4v) is 2.45. The van der Waals surface area contributed by atoms with Crippen LogP contribution in [0.2, 0.25) is 0 Å². The third kappa shape index (κ3) is 7.70. The minimum absolute atomic E-state index is 0.103. The maximum absolute atomic E-state index is 9.77. The first-order valence-electron chi connectivity index (χ1n) is 8.84. The number of H-pyrrole nitrogens is 1. The minimum atomic E-state index is -1.20. The van der Waals surface area contributed by atoms with E-state index in [1.807, 2.05) is 12.1 Å². The van der Waals surface area contributed by atoms with Crippen LogP contribution in [0.25, 0.3) is 0 Å². The molecular weight excluding hydrogens is 396 g/mol. The number of aliphatic carboxylic acids is 2. The number of aromatic nitrogens is 2. The number of carbonyl (C=O) groups is 2. The molecule has 0 bridgehead atoms. The molecule has 0 unspecified atom stereocenters. The molecule has 2 rings (SSSR count). The van der Waals surface area contributed by atoms with Crippen molar-refractivity contribution in [3.05, 3.63) is 29.5 Å². The summed E-state index contributed by atoms with van der Waals surface area (Å²) in [7, 11) is 4.72. The second-order valence-corrected chi connectivity index (χ2v) is 6.03. The highest BCUT2D eigenvalue weighted by molar-refractivity contribution is 5.68. The Morgan fingerprint density at radius 1 is 1.10 bits per heavy atom. The highest BCUT2D eigenvalue weighted by Gasteiger charge is 2.15. The molecule has 30 heavy (non-hydrogen) atoms. The van der Waals surface area contributed by atoms with Crippen molar-refractivity contribution in [3.8, 4) is 17.2 Å². The van der Waals surface area contributed by atoms with Crippen molar-refractivity contribution in [2.75, 3.05) is 32.8 Å². The summed E-state index contributed by atoms with van der Waals surface area (Å²) >= 11 is 0. The number of nitrogens with two attached hydrogens (primary N) is 2. The van der Waals surface area contributed by atoms with Crippen LogP contribution in [0, 0.1) is 0 Å². The SMILES string of the molecule is COc1cc(Cc2c[nH+]c(N)nc2N)cc(OC)c1OC.O=C([O-])CCCC(=O)O. The van der Waals surface area contributed by atoms with Gasteiger partial charge in [-0.1, -0.05) is 4.98 Å². The van der Waals surface area contributed by atoms with Gasteiger partial charge in [-0.3, -0.25) is 10.5 Å². The molecule has 1 heterocycles. The summed E-state index contributed by atoms with van der Waals surface area (Å²) in [5, 5.41) is 17.7. The molecule has 0 amide bonds. The lowest BCUT2D eigenvalue weighted by atomic mass is 10.1. The third-order valence-electron chi connectivity index (χ3n) is 3.85. The third-order valence-corrected chi connectivity index (χ3v) is 3.85. The number of anilines is 2. The molecule has 0 spiro atoms. The number of carbonyl (C=O) groups excluding carboxylic acids is 1. The maximum Gasteiger partial charge on any atom is 0.388 e.